The molecule has 1 aromatic carbocycles. The zero-order chi connectivity index (χ0) is 22.1. The number of unbranched alkanes of at least 4 members (excludes halogenated alkanes) is 4. The Bertz CT molecular complexity index is 690. The molecule has 0 bridgehead atoms. The number of benzene rings is 1. The van der Waals surface area contributed by atoms with Crippen molar-refractivity contribution in [2.75, 3.05) is 32.8 Å². The molecule has 2 unspecified atom stereocenters. The standard InChI is InChI=1S/C27H44N2O2/c1-4-7-9-10-16-28(15-8-5-2)27(30)21-29-20-24(19-25(29)11-6-3)22-12-13-26-23(18-22)14-17-31-26/h12-13,18,24-25H,4-11,14-17,19-21H2,1-3H3. The number of hydrogen-bond acceptors (Lipinski definition) is 3. The smallest absolute Gasteiger partial charge is 0.236 e. The Labute approximate surface area is 190 Å². The third-order valence-electron chi connectivity index (χ3n) is 7.09. The lowest BCUT2D eigenvalue weighted by Crippen LogP contribution is -2.43. The molecule has 0 radical (unpaired) electrons. The molecule has 0 saturated carbocycles. The van der Waals surface area contributed by atoms with Gasteiger partial charge in [-0.3, -0.25) is 9.69 Å². The summed E-state index contributed by atoms with van der Waals surface area (Å²) in [7, 11) is 0. The first-order valence-corrected chi connectivity index (χ1v) is 12.9. The Morgan fingerprint density at radius 3 is 2.65 bits per heavy atom. The van der Waals surface area contributed by atoms with Crippen molar-refractivity contribution in [2.24, 2.45) is 0 Å². The highest BCUT2D eigenvalue weighted by Crippen LogP contribution is 2.36. The number of carbonyl (C=O) groups is 1. The van der Waals surface area contributed by atoms with Gasteiger partial charge in [0.05, 0.1) is 13.2 Å². The van der Waals surface area contributed by atoms with Crippen LogP contribution in [0.5, 0.6) is 5.75 Å². The number of hydrogen-bond donors (Lipinski definition) is 0. The molecule has 4 heteroatoms. The van der Waals surface area contributed by atoms with Crippen LogP contribution in [0.1, 0.15) is 95.6 Å². The average Bonchev–Trinajstić information content (AvgIpc) is 3.40. The summed E-state index contributed by atoms with van der Waals surface area (Å²) >= 11 is 0. The molecule has 31 heavy (non-hydrogen) atoms. The minimum absolute atomic E-state index is 0.342. The molecular formula is C27H44N2O2. The molecule has 3 rings (SSSR count). The van der Waals surface area contributed by atoms with Crippen LogP contribution in [0.2, 0.25) is 0 Å². The van der Waals surface area contributed by atoms with Crippen molar-refractivity contribution < 1.29 is 9.53 Å². The predicted octanol–water partition coefficient (Wildman–Crippen LogP) is 5.79. The van der Waals surface area contributed by atoms with E-state index in [-0.39, 0.29) is 0 Å². The van der Waals surface area contributed by atoms with Crippen LogP contribution in [0.25, 0.3) is 0 Å². The van der Waals surface area contributed by atoms with E-state index < -0.39 is 0 Å². The van der Waals surface area contributed by atoms with Gasteiger partial charge >= 0.3 is 0 Å². The summed E-state index contributed by atoms with van der Waals surface area (Å²) in [5.74, 6) is 1.94. The quantitative estimate of drug-likeness (QED) is 0.373. The molecule has 2 aliphatic heterocycles. The van der Waals surface area contributed by atoms with E-state index >= 15 is 0 Å². The zero-order valence-corrected chi connectivity index (χ0v) is 20.2. The minimum Gasteiger partial charge on any atom is -0.493 e. The lowest BCUT2D eigenvalue weighted by Gasteiger charge is -2.28. The van der Waals surface area contributed by atoms with Crippen molar-refractivity contribution in [1.82, 2.24) is 9.80 Å². The van der Waals surface area contributed by atoms with Gasteiger partial charge in [-0.1, -0.05) is 65.0 Å². The summed E-state index contributed by atoms with van der Waals surface area (Å²) < 4.78 is 5.69. The topological polar surface area (TPSA) is 32.8 Å². The summed E-state index contributed by atoms with van der Waals surface area (Å²) in [5, 5.41) is 0. The monoisotopic (exact) mass is 428 g/mol. The zero-order valence-electron chi connectivity index (χ0n) is 20.2. The number of rotatable bonds is 13. The van der Waals surface area contributed by atoms with Gasteiger partial charge in [0.25, 0.3) is 0 Å². The first-order chi connectivity index (χ1) is 15.2. The van der Waals surface area contributed by atoms with Gasteiger partial charge in [0, 0.05) is 32.1 Å². The van der Waals surface area contributed by atoms with Crippen LogP contribution >= 0.6 is 0 Å². The summed E-state index contributed by atoms with van der Waals surface area (Å²) in [4.78, 5) is 17.9. The fraction of sp³-hybridized carbons (Fsp3) is 0.741. The molecule has 1 saturated heterocycles. The van der Waals surface area contributed by atoms with Crippen molar-refractivity contribution >= 4 is 5.91 Å². The van der Waals surface area contributed by atoms with E-state index in [0.717, 1.165) is 57.7 Å². The van der Waals surface area contributed by atoms with Crippen LogP contribution in [-0.2, 0) is 11.2 Å². The van der Waals surface area contributed by atoms with Crippen molar-refractivity contribution in [3.05, 3.63) is 29.3 Å². The Hall–Kier alpha value is -1.55. The van der Waals surface area contributed by atoms with Crippen molar-refractivity contribution in [3.63, 3.8) is 0 Å². The van der Waals surface area contributed by atoms with E-state index in [1.807, 2.05) is 0 Å². The maximum atomic E-state index is 13.3. The highest BCUT2D eigenvalue weighted by atomic mass is 16.5. The number of carbonyl (C=O) groups excluding carboxylic acids is 1. The van der Waals surface area contributed by atoms with Gasteiger partial charge in [-0.05, 0) is 48.8 Å². The second-order valence-electron chi connectivity index (χ2n) is 9.57. The fourth-order valence-electron chi connectivity index (χ4n) is 5.23. The number of fused-ring (bicyclic) bond motifs is 1. The third-order valence-corrected chi connectivity index (χ3v) is 7.09. The van der Waals surface area contributed by atoms with Gasteiger partial charge in [-0.25, -0.2) is 0 Å². The number of ether oxygens (including phenoxy) is 1. The Morgan fingerprint density at radius 2 is 1.87 bits per heavy atom. The molecule has 0 aromatic heterocycles. The molecule has 0 aliphatic carbocycles. The summed E-state index contributed by atoms with van der Waals surface area (Å²) in [6.45, 7) is 11.0. The van der Waals surface area contributed by atoms with E-state index in [9.17, 15) is 4.79 Å². The first-order valence-electron chi connectivity index (χ1n) is 12.9. The number of nitrogens with zero attached hydrogens (tertiary/aromatic N) is 2. The van der Waals surface area contributed by atoms with Gasteiger partial charge in [-0.2, -0.15) is 0 Å². The van der Waals surface area contributed by atoms with Crippen LogP contribution in [-0.4, -0.2) is 54.5 Å². The molecule has 1 aromatic rings. The predicted molar refractivity (Wildman–Crippen MR) is 129 cm³/mol. The van der Waals surface area contributed by atoms with Gasteiger partial charge in [0.2, 0.25) is 5.91 Å². The van der Waals surface area contributed by atoms with Gasteiger partial charge in [0.15, 0.2) is 0 Å². The SMILES string of the molecule is CCCCCCN(CCCC)C(=O)CN1CC(c2ccc3c(c2)CCO3)CC1CCC. The second kappa shape index (κ2) is 12.5. The first kappa shape index (κ1) is 24.1. The molecule has 2 atom stereocenters. The van der Waals surface area contributed by atoms with E-state index in [4.69, 9.17) is 4.74 Å². The molecule has 2 heterocycles. The van der Waals surface area contributed by atoms with Crippen LogP contribution in [0, 0.1) is 0 Å². The van der Waals surface area contributed by atoms with Gasteiger partial charge in [-0.15, -0.1) is 0 Å². The molecule has 0 spiro atoms. The van der Waals surface area contributed by atoms with E-state index in [2.05, 4.69) is 48.8 Å². The Morgan fingerprint density at radius 1 is 1.06 bits per heavy atom. The average molecular weight is 429 g/mol. The van der Waals surface area contributed by atoms with Crippen molar-refractivity contribution in [3.8, 4) is 5.75 Å². The second-order valence-corrected chi connectivity index (χ2v) is 9.57. The molecule has 1 fully saturated rings. The lowest BCUT2D eigenvalue weighted by atomic mass is 9.93. The van der Waals surface area contributed by atoms with E-state index in [1.54, 1.807) is 0 Å². The molecule has 0 N–H and O–H groups in total. The fourth-order valence-corrected chi connectivity index (χ4v) is 5.23. The maximum absolute atomic E-state index is 13.3. The van der Waals surface area contributed by atoms with E-state index in [0.29, 0.717) is 24.4 Å². The molecule has 174 valence electrons. The largest absolute Gasteiger partial charge is 0.493 e. The van der Waals surface area contributed by atoms with Gasteiger partial charge in [0.1, 0.15) is 5.75 Å². The third kappa shape index (κ3) is 6.71. The molecule has 2 aliphatic rings. The minimum atomic E-state index is 0.342. The van der Waals surface area contributed by atoms with Crippen molar-refractivity contribution in [1.29, 1.82) is 0 Å². The molecular weight excluding hydrogens is 384 g/mol. The van der Waals surface area contributed by atoms with Crippen LogP contribution < -0.4 is 4.74 Å². The molecule has 4 nitrogen and oxygen atoms in total. The normalized spacial score (nSPS) is 20.6. The number of amides is 1. The highest BCUT2D eigenvalue weighted by Gasteiger charge is 2.34. The van der Waals surface area contributed by atoms with E-state index in [1.165, 1.54) is 49.7 Å². The highest BCUT2D eigenvalue weighted by molar-refractivity contribution is 5.78. The van der Waals surface area contributed by atoms with Gasteiger partial charge < -0.3 is 9.64 Å². The Balaban J connectivity index is 1.62. The van der Waals surface area contributed by atoms with Crippen LogP contribution in [0.3, 0.4) is 0 Å². The summed E-state index contributed by atoms with van der Waals surface area (Å²) in [5.41, 5.74) is 2.79. The summed E-state index contributed by atoms with van der Waals surface area (Å²) in [6.07, 6.45) is 11.7. The van der Waals surface area contributed by atoms with Crippen LogP contribution in [0.15, 0.2) is 18.2 Å². The molecule has 1 amide bonds. The number of likely N-dealkylation sites (tertiary alicyclic amines) is 1. The maximum Gasteiger partial charge on any atom is 0.236 e. The summed E-state index contributed by atoms with van der Waals surface area (Å²) in [6, 6.07) is 7.30. The van der Waals surface area contributed by atoms with Crippen molar-refractivity contribution in [2.45, 2.75) is 96.9 Å². The Kier molecular flexibility index (Phi) is 9.70. The van der Waals surface area contributed by atoms with Crippen LogP contribution in [0.4, 0.5) is 0 Å². The lowest BCUT2D eigenvalue weighted by molar-refractivity contribution is -0.132.